The first-order valence-corrected chi connectivity index (χ1v) is 7.90. The lowest BCUT2D eigenvalue weighted by Gasteiger charge is -2.16. The Kier molecular flexibility index (Phi) is 4.46. The van der Waals surface area contributed by atoms with Gasteiger partial charge in [0.15, 0.2) is 0 Å². The van der Waals surface area contributed by atoms with Gasteiger partial charge in [0.1, 0.15) is 5.56 Å². The first-order chi connectivity index (χ1) is 11.5. The van der Waals surface area contributed by atoms with E-state index in [0.29, 0.717) is 11.3 Å². The molecular weight excluding hydrogens is 308 g/mol. The average molecular weight is 326 g/mol. The first kappa shape index (κ1) is 16.0. The number of aryl methyl sites for hydroxylation is 2. The van der Waals surface area contributed by atoms with E-state index in [1.165, 1.54) is 0 Å². The van der Waals surface area contributed by atoms with Crippen LogP contribution in [0.25, 0.3) is 0 Å². The number of fused-ring (bicyclic) bond motifs is 1. The van der Waals surface area contributed by atoms with Crippen LogP contribution < -0.4 is 10.9 Å². The van der Waals surface area contributed by atoms with E-state index >= 15 is 0 Å². The van der Waals surface area contributed by atoms with E-state index in [0.717, 1.165) is 36.9 Å². The fourth-order valence-electron chi connectivity index (χ4n) is 2.92. The van der Waals surface area contributed by atoms with Crippen LogP contribution >= 0.6 is 0 Å². The Labute approximate surface area is 138 Å². The number of pyridine rings is 1. The smallest absolute Gasteiger partial charge is 0.307 e. The van der Waals surface area contributed by atoms with Gasteiger partial charge in [-0.2, -0.15) is 0 Å². The Hall–Kier alpha value is -2.89. The predicted octanol–water partition coefficient (Wildman–Crippen LogP) is 2.13. The fourth-order valence-corrected chi connectivity index (χ4v) is 2.92. The molecule has 2 aromatic rings. The molecule has 0 atom stereocenters. The molecule has 1 aliphatic carbocycles. The molecule has 0 unspecified atom stereocenters. The maximum Gasteiger partial charge on any atom is 0.307 e. The molecule has 0 fully saturated rings. The van der Waals surface area contributed by atoms with Gasteiger partial charge in [0.05, 0.1) is 6.42 Å². The van der Waals surface area contributed by atoms with Crippen molar-refractivity contribution in [1.82, 2.24) is 4.98 Å². The van der Waals surface area contributed by atoms with E-state index in [1.807, 2.05) is 0 Å². The van der Waals surface area contributed by atoms with Crippen LogP contribution in [0.15, 0.2) is 35.1 Å². The number of aromatic nitrogens is 1. The second-order valence-electron chi connectivity index (χ2n) is 5.94. The topological polar surface area (TPSA) is 99.3 Å². The minimum atomic E-state index is -0.910. The third kappa shape index (κ3) is 3.53. The summed E-state index contributed by atoms with van der Waals surface area (Å²) in [4.78, 5) is 38.0. The van der Waals surface area contributed by atoms with Crippen molar-refractivity contribution in [2.75, 3.05) is 5.32 Å². The van der Waals surface area contributed by atoms with Gasteiger partial charge in [-0.25, -0.2) is 0 Å². The second kappa shape index (κ2) is 6.70. The number of carboxylic acid groups (broad SMARTS) is 1. The lowest BCUT2D eigenvalue weighted by atomic mass is 9.95. The van der Waals surface area contributed by atoms with E-state index < -0.39 is 11.9 Å². The molecule has 124 valence electrons. The molecule has 0 radical (unpaired) electrons. The van der Waals surface area contributed by atoms with E-state index in [1.54, 1.807) is 30.3 Å². The molecule has 0 saturated carbocycles. The highest BCUT2D eigenvalue weighted by molar-refractivity contribution is 6.04. The van der Waals surface area contributed by atoms with Gasteiger partial charge in [0.2, 0.25) is 0 Å². The van der Waals surface area contributed by atoms with Crippen molar-refractivity contribution in [1.29, 1.82) is 0 Å². The third-order valence-electron chi connectivity index (χ3n) is 4.15. The maximum absolute atomic E-state index is 12.4. The SMILES string of the molecule is O=C(O)Cc1ccc(NC(=O)c2cc3c([nH]c2=O)CCCC3)cc1. The second-order valence-corrected chi connectivity index (χ2v) is 5.94. The van der Waals surface area contributed by atoms with Gasteiger partial charge in [-0.15, -0.1) is 0 Å². The number of anilines is 1. The van der Waals surface area contributed by atoms with E-state index in [4.69, 9.17) is 5.11 Å². The molecule has 6 heteroatoms. The van der Waals surface area contributed by atoms with Crippen molar-refractivity contribution in [2.24, 2.45) is 0 Å². The monoisotopic (exact) mass is 326 g/mol. The van der Waals surface area contributed by atoms with Crippen molar-refractivity contribution in [2.45, 2.75) is 32.1 Å². The number of hydrogen-bond acceptors (Lipinski definition) is 3. The lowest BCUT2D eigenvalue weighted by molar-refractivity contribution is -0.136. The normalized spacial score (nSPS) is 13.2. The molecule has 3 N–H and O–H groups in total. The van der Waals surface area contributed by atoms with Crippen molar-refractivity contribution < 1.29 is 14.7 Å². The Morgan fingerprint density at radius 3 is 2.54 bits per heavy atom. The van der Waals surface area contributed by atoms with E-state index in [-0.39, 0.29) is 17.5 Å². The number of benzene rings is 1. The molecule has 1 amide bonds. The number of nitrogens with one attached hydrogen (secondary N) is 2. The summed E-state index contributed by atoms with van der Waals surface area (Å²) in [6.07, 6.45) is 3.76. The summed E-state index contributed by atoms with van der Waals surface area (Å²) in [7, 11) is 0. The Morgan fingerprint density at radius 2 is 1.83 bits per heavy atom. The molecule has 1 heterocycles. The van der Waals surface area contributed by atoms with Gasteiger partial charge in [-0.1, -0.05) is 12.1 Å². The van der Waals surface area contributed by atoms with Crippen LogP contribution in [0.5, 0.6) is 0 Å². The maximum atomic E-state index is 12.4. The number of hydrogen-bond donors (Lipinski definition) is 3. The van der Waals surface area contributed by atoms with Crippen molar-refractivity contribution >= 4 is 17.6 Å². The summed E-state index contributed by atoms with van der Waals surface area (Å²) in [5, 5.41) is 11.4. The zero-order chi connectivity index (χ0) is 17.1. The highest BCUT2D eigenvalue weighted by atomic mass is 16.4. The summed E-state index contributed by atoms with van der Waals surface area (Å²) in [5.74, 6) is -1.37. The summed E-state index contributed by atoms with van der Waals surface area (Å²) in [5.41, 5.74) is 2.85. The summed E-state index contributed by atoms with van der Waals surface area (Å²) >= 11 is 0. The quantitative estimate of drug-likeness (QED) is 0.801. The van der Waals surface area contributed by atoms with Crippen molar-refractivity contribution in [3.63, 3.8) is 0 Å². The molecule has 1 aliphatic rings. The number of carboxylic acids is 1. The fraction of sp³-hybridized carbons (Fsp3) is 0.278. The first-order valence-electron chi connectivity index (χ1n) is 7.90. The van der Waals surface area contributed by atoms with Crippen LogP contribution in [0.2, 0.25) is 0 Å². The number of H-pyrrole nitrogens is 1. The molecule has 24 heavy (non-hydrogen) atoms. The molecule has 0 aliphatic heterocycles. The average Bonchev–Trinajstić information content (AvgIpc) is 2.55. The minimum absolute atomic E-state index is 0.0707. The molecule has 6 nitrogen and oxygen atoms in total. The van der Waals surface area contributed by atoms with Crippen LogP contribution in [0, 0.1) is 0 Å². The van der Waals surface area contributed by atoms with Crippen molar-refractivity contribution in [3.8, 4) is 0 Å². The van der Waals surface area contributed by atoms with Gasteiger partial charge in [0, 0.05) is 11.4 Å². The summed E-state index contributed by atoms with van der Waals surface area (Å²) < 4.78 is 0. The molecule has 1 aromatic carbocycles. The summed E-state index contributed by atoms with van der Waals surface area (Å²) in [6, 6.07) is 8.22. The van der Waals surface area contributed by atoms with Crippen LogP contribution in [-0.2, 0) is 24.1 Å². The molecule has 0 spiro atoms. The zero-order valence-electron chi connectivity index (χ0n) is 13.1. The molecule has 0 saturated heterocycles. The molecule has 1 aromatic heterocycles. The summed E-state index contributed by atoms with van der Waals surface area (Å²) in [6.45, 7) is 0. The van der Waals surface area contributed by atoms with Gasteiger partial charge in [0.25, 0.3) is 11.5 Å². The number of aliphatic carboxylic acids is 1. The minimum Gasteiger partial charge on any atom is -0.481 e. The molecule has 3 rings (SSSR count). The number of amides is 1. The lowest BCUT2D eigenvalue weighted by Crippen LogP contribution is -2.26. The Balaban J connectivity index is 1.77. The van der Waals surface area contributed by atoms with Crippen LogP contribution in [0.4, 0.5) is 5.69 Å². The number of rotatable bonds is 4. The van der Waals surface area contributed by atoms with Crippen LogP contribution in [0.1, 0.15) is 40.0 Å². The molecular formula is C18H18N2O4. The third-order valence-corrected chi connectivity index (χ3v) is 4.15. The standard InChI is InChI=1S/C18H18N2O4/c21-16(22)9-11-5-7-13(8-6-11)19-17(23)14-10-12-3-1-2-4-15(12)20-18(14)24/h5-8,10H,1-4,9H2,(H,19,23)(H,20,24)(H,21,22). The number of carbonyl (C=O) groups is 2. The van der Waals surface area contributed by atoms with Gasteiger partial charge in [-0.05, 0) is 55.0 Å². The highest BCUT2D eigenvalue weighted by Crippen LogP contribution is 2.19. The molecule has 0 bridgehead atoms. The van der Waals surface area contributed by atoms with E-state index in [2.05, 4.69) is 10.3 Å². The predicted molar refractivity (Wildman–Crippen MR) is 89.4 cm³/mol. The number of carbonyl (C=O) groups excluding carboxylic acids is 1. The largest absolute Gasteiger partial charge is 0.481 e. The van der Waals surface area contributed by atoms with Crippen LogP contribution in [-0.4, -0.2) is 22.0 Å². The van der Waals surface area contributed by atoms with Crippen LogP contribution in [0.3, 0.4) is 0 Å². The van der Waals surface area contributed by atoms with Gasteiger partial charge >= 0.3 is 5.97 Å². The Morgan fingerprint density at radius 1 is 1.12 bits per heavy atom. The van der Waals surface area contributed by atoms with Gasteiger partial charge in [-0.3, -0.25) is 14.4 Å². The van der Waals surface area contributed by atoms with Crippen molar-refractivity contribution in [3.05, 3.63) is 63.1 Å². The van der Waals surface area contributed by atoms with E-state index in [9.17, 15) is 14.4 Å². The van der Waals surface area contributed by atoms with Gasteiger partial charge < -0.3 is 15.4 Å². The Bertz CT molecular complexity index is 837. The highest BCUT2D eigenvalue weighted by Gasteiger charge is 2.17. The number of aromatic amines is 1. The zero-order valence-corrected chi connectivity index (χ0v) is 13.1.